The van der Waals surface area contributed by atoms with Crippen molar-refractivity contribution in [2.45, 2.75) is 38.5 Å². The summed E-state index contributed by atoms with van der Waals surface area (Å²) in [5.41, 5.74) is 3.30. The van der Waals surface area contributed by atoms with Crippen molar-refractivity contribution in [3.8, 4) is 5.69 Å². The van der Waals surface area contributed by atoms with Crippen molar-refractivity contribution in [2.75, 3.05) is 17.2 Å². The Morgan fingerprint density at radius 2 is 1.77 bits per heavy atom. The van der Waals surface area contributed by atoms with Crippen molar-refractivity contribution in [1.29, 1.82) is 0 Å². The zero-order chi connectivity index (χ0) is 24.8. The van der Waals surface area contributed by atoms with Crippen LogP contribution in [0.3, 0.4) is 0 Å². The van der Waals surface area contributed by atoms with Crippen LogP contribution in [0, 0.1) is 13.8 Å². The van der Waals surface area contributed by atoms with Crippen LogP contribution in [0.1, 0.15) is 31.2 Å². The zero-order valence-electron chi connectivity index (χ0n) is 20.0. The molecule has 4 rings (SSSR count). The fourth-order valence-electron chi connectivity index (χ4n) is 3.46. The summed E-state index contributed by atoms with van der Waals surface area (Å²) in [7, 11) is -3.57. The molecular formula is C25H29N7O2S. The quantitative estimate of drug-likeness (QED) is 0.272. The number of unbranched alkanes of at least 4 members (excludes halogenated alkanes) is 1. The van der Waals surface area contributed by atoms with Crippen LogP contribution in [-0.2, 0) is 10.0 Å². The summed E-state index contributed by atoms with van der Waals surface area (Å²) in [6, 6.07) is 14.6. The van der Waals surface area contributed by atoms with Gasteiger partial charge in [-0.25, -0.2) is 23.1 Å². The third-order valence-electron chi connectivity index (χ3n) is 5.43. The topological polar surface area (TPSA) is 114 Å². The van der Waals surface area contributed by atoms with Gasteiger partial charge < -0.3 is 15.2 Å². The van der Waals surface area contributed by atoms with Gasteiger partial charge in [0.15, 0.2) is 0 Å². The lowest BCUT2D eigenvalue weighted by Gasteiger charge is -2.13. The van der Waals surface area contributed by atoms with E-state index < -0.39 is 10.0 Å². The minimum atomic E-state index is -3.57. The lowest BCUT2D eigenvalue weighted by molar-refractivity contribution is 0.578. The summed E-state index contributed by atoms with van der Waals surface area (Å²) >= 11 is 0. The Morgan fingerprint density at radius 1 is 0.971 bits per heavy atom. The van der Waals surface area contributed by atoms with Crippen LogP contribution in [0.15, 0.2) is 72.0 Å². The molecule has 0 bridgehead atoms. The fourth-order valence-corrected chi connectivity index (χ4v) is 4.58. The van der Waals surface area contributed by atoms with Gasteiger partial charge in [0.05, 0.1) is 4.90 Å². The average Bonchev–Trinajstić information content (AvgIpc) is 3.28. The van der Waals surface area contributed by atoms with Gasteiger partial charge >= 0.3 is 0 Å². The first-order valence-corrected chi connectivity index (χ1v) is 12.9. The maximum absolute atomic E-state index is 12.6. The number of sulfonamides is 1. The molecule has 0 aliphatic rings. The summed E-state index contributed by atoms with van der Waals surface area (Å²) in [6.45, 7) is 6.28. The van der Waals surface area contributed by atoms with Crippen LogP contribution >= 0.6 is 0 Å². The molecule has 2 aromatic heterocycles. The Bertz CT molecular complexity index is 1400. The van der Waals surface area contributed by atoms with Crippen LogP contribution in [0.5, 0.6) is 0 Å². The van der Waals surface area contributed by atoms with Crippen molar-refractivity contribution in [1.82, 2.24) is 24.2 Å². The molecule has 0 spiro atoms. The normalized spacial score (nSPS) is 11.4. The van der Waals surface area contributed by atoms with E-state index in [-0.39, 0.29) is 4.90 Å². The molecule has 35 heavy (non-hydrogen) atoms. The van der Waals surface area contributed by atoms with Crippen molar-refractivity contribution in [3.63, 3.8) is 0 Å². The van der Waals surface area contributed by atoms with Crippen molar-refractivity contribution >= 4 is 33.2 Å². The van der Waals surface area contributed by atoms with E-state index in [9.17, 15) is 8.42 Å². The first-order valence-electron chi connectivity index (χ1n) is 11.4. The summed E-state index contributed by atoms with van der Waals surface area (Å²) < 4.78 is 29.8. The standard InChI is InChI=1S/C25H29N7O2S/c1-4-5-13-28-35(33,34)23-8-6-7-21(16-23)29-24-18(2)17-27-25(31-24)30-20-9-11-22(12-10-20)32-15-14-26-19(32)3/h6-12,14-17,28H,4-5,13H2,1-3H3,(H2,27,29,30,31). The molecule has 4 aromatic rings. The van der Waals surface area contributed by atoms with Gasteiger partial charge in [-0.3, -0.25) is 0 Å². The first-order chi connectivity index (χ1) is 16.9. The predicted molar refractivity (Wildman–Crippen MR) is 138 cm³/mol. The van der Waals surface area contributed by atoms with Gasteiger partial charge in [-0.2, -0.15) is 4.98 Å². The smallest absolute Gasteiger partial charge is 0.240 e. The minimum absolute atomic E-state index is 0.205. The van der Waals surface area contributed by atoms with E-state index in [1.54, 1.807) is 36.7 Å². The SMILES string of the molecule is CCCCNS(=O)(=O)c1cccc(Nc2nc(Nc3ccc(-n4ccnc4C)cc3)ncc2C)c1. The number of aromatic nitrogens is 4. The third kappa shape index (κ3) is 6.03. The molecule has 0 atom stereocenters. The Balaban J connectivity index is 1.49. The highest BCUT2D eigenvalue weighted by Crippen LogP contribution is 2.23. The molecule has 0 fully saturated rings. The Labute approximate surface area is 205 Å². The number of anilines is 4. The molecule has 0 amide bonds. The van der Waals surface area contributed by atoms with Gasteiger partial charge in [0.25, 0.3) is 0 Å². The number of nitrogens with zero attached hydrogens (tertiary/aromatic N) is 4. The number of imidazole rings is 1. The highest BCUT2D eigenvalue weighted by molar-refractivity contribution is 7.89. The first kappa shape index (κ1) is 24.4. The minimum Gasteiger partial charge on any atom is -0.340 e. The van der Waals surface area contributed by atoms with Gasteiger partial charge in [0.1, 0.15) is 11.6 Å². The van der Waals surface area contributed by atoms with Gasteiger partial charge in [0, 0.05) is 47.8 Å². The fraction of sp³-hybridized carbons (Fsp3) is 0.240. The van der Waals surface area contributed by atoms with Crippen LogP contribution in [0.2, 0.25) is 0 Å². The molecule has 0 saturated heterocycles. The second-order valence-corrected chi connectivity index (χ2v) is 9.91. The van der Waals surface area contributed by atoms with Gasteiger partial charge in [0.2, 0.25) is 16.0 Å². The average molecular weight is 492 g/mol. The molecule has 9 nitrogen and oxygen atoms in total. The third-order valence-corrected chi connectivity index (χ3v) is 6.89. The molecule has 10 heteroatoms. The lowest BCUT2D eigenvalue weighted by Crippen LogP contribution is -2.24. The highest BCUT2D eigenvalue weighted by atomic mass is 32.2. The Hall–Kier alpha value is -3.76. The van der Waals surface area contributed by atoms with Crippen molar-refractivity contribution < 1.29 is 8.42 Å². The number of rotatable bonds is 10. The van der Waals surface area contributed by atoms with E-state index in [0.29, 0.717) is 24.0 Å². The Kier molecular flexibility index (Phi) is 7.42. The number of hydrogen-bond donors (Lipinski definition) is 3. The molecule has 3 N–H and O–H groups in total. The maximum Gasteiger partial charge on any atom is 0.240 e. The van der Waals surface area contributed by atoms with Crippen LogP contribution in [-0.4, -0.2) is 34.5 Å². The van der Waals surface area contributed by atoms with Crippen molar-refractivity contribution in [3.05, 3.63) is 78.5 Å². The molecule has 0 saturated carbocycles. The summed E-state index contributed by atoms with van der Waals surface area (Å²) in [4.78, 5) is 13.4. The van der Waals surface area contributed by atoms with Gasteiger partial charge in [-0.15, -0.1) is 0 Å². The monoisotopic (exact) mass is 491 g/mol. The van der Waals surface area contributed by atoms with E-state index in [0.717, 1.165) is 35.6 Å². The largest absolute Gasteiger partial charge is 0.340 e. The second-order valence-electron chi connectivity index (χ2n) is 8.15. The van der Waals surface area contributed by atoms with Crippen molar-refractivity contribution in [2.24, 2.45) is 0 Å². The molecule has 182 valence electrons. The van der Waals surface area contributed by atoms with Crippen LogP contribution < -0.4 is 15.4 Å². The second kappa shape index (κ2) is 10.7. The number of hydrogen-bond acceptors (Lipinski definition) is 7. The van der Waals surface area contributed by atoms with E-state index in [4.69, 9.17) is 0 Å². The van der Waals surface area contributed by atoms with Crippen LogP contribution in [0.4, 0.5) is 23.1 Å². The molecule has 0 aliphatic carbocycles. The summed E-state index contributed by atoms with van der Waals surface area (Å²) in [5.74, 6) is 1.92. The summed E-state index contributed by atoms with van der Waals surface area (Å²) in [6.07, 6.45) is 7.11. The molecule has 0 aliphatic heterocycles. The number of benzene rings is 2. The van der Waals surface area contributed by atoms with E-state index in [1.165, 1.54) is 0 Å². The predicted octanol–water partition coefficient (Wildman–Crippen LogP) is 4.84. The Morgan fingerprint density at radius 3 is 2.49 bits per heavy atom. The maximum atomic E-state index is 12.6. The van der Waals surface area contributed by atoms with Gasteiger partial charge in [-0.05, 0) is 62.7 Å². The number of nitrogens with one attached hydrogen (secondary N) is 3. The highest BCUT2D eigenvalue weighted by Gasteiger charge is 2.14. The lowest BCUT2D eigenvalue weighted by atomic mass is 10.2. The molecule has 0 radical (unpaired) electrons. The molecular weight excluding hydrogens is 462 g/mol. The molecule has 2 aromatic carbocycles. The van der Waals surface area contributed by atoms with Gasteiger partial charge in [-0.1, -0.05) is 19.4 Å². The zero-order valence-corrected chi connectivity index (χ0v) is 20.8. The van der Waals surface area contributed by atoms with E-state index in [1.807, 2.05) is 55.8 Å². The van der Waals surface area contributed by atoms with E-state index >= 15 is 0 Å². The molecule has 2 heterocycles. The summed E-state index contributed by atoms with van der Waals surface area (Å²) in [5, 5.41) is 6.43. The van der Waals surface area contributed by atoms with E-state index in [2.05, 4.69) is 30.3 Å². The van der Waals surface area contributed by atoms with Crippen LogP contribution in [0.25, 0.3) is 5.69 Å². The molecule has 0 unspecified atom stereocenters. The number of aryl methyl sites for hydroxylation is 2.